The van der Waals surface area contributed by atoms with Crippen LogP contribution in [0.5, 0.6) is 0 Å². The second-order valence-electron chi connectivity index (χ2n) is 5.97. The zero-order valence-corrected chi connectivity index (χ0v) is 13.5. The summed E-state index contributed by atoms with van der Waals surface area (Å²) in [5.74, 6) is 0.169. The van der Waals surface area contributed by atoms with Crippen LogP contribution in [0.15, 0.2) is 58.3 Å². The van der Waals surface area contributed by atoms with E-state index in [9.17, 15) is 4.79 Å². The van der Waals surface area contributed by atoms with Crippen molar-refractivity contribution < 1.29 is 9.21 Å². The second-order valence-corrected chi connectivity index (χ2v) is 5.97. The van der Waals surface area contributed by atoms with Gasteiger partial charge in [-0.25, -0.2) is 14.5 Å². The van der Waals surface area contributed by atoms with Gasteiger partial charge in [-0.3, -0.25) is 4.79 Å². The van der Waals surface area contributed by atoms with E-state index in [0.717, 1.165) is 10.8 Å². The molecule has 4 aromatic rings. The van der Waals surface area contributed by atoms with E-state index < -0.39 is 5.92 Å². The van der Waals surface area contributed by atoms with Crippen LogP contribution in [0.4, 0.5) is 0 Å². The molecule has 1 unspecified atom stereocenters. The number of amides is 1. The number of hydrogen-bond acceptors (Lipinski definition) is 6. The lowest BCUT2D eigenvalue weighted by Gasteiger charge is -2.09. The summed E-state index contributed by atoms with van der Waals surface area (Å²) in [5.41, 5.74) is 1.44. The number of nitrogens with zero attached hydrogens (tertiary/aromatic N) is 6. The van der Waals surface area contributed by atoms with E-state index in [1.807, 2.05) is 42.5 Å². The van der Waals surface area contributed by atoms with E-state index in [-0.39, 0.29) is 5.91 Å². The molecule has 0 saturated heterocycles. The number of hydrogen-bond donors (Lipinski definition) is 0. The van der Waals surface area contributed by atoms with Gasteiger partial charge in [0.25, 0.3) is 5.91 Å². The summed E-state index contributed by atoms with van der Waals surface area (Å²) in [4.78, 5) is 20.5. The minimum absolute atomic E-state index is 0.201. The molecule has 4 heterocycles. The summed E-state index contributed by atoms with van der Waals surface area (Å²) in [5, 5.41) is 13.8. The quantitative estimate of drug-likeness (QED) is 0.539. The lowest BCUT2D eigenvalue weighted by molar-refractivity contribution is -0.120. The highest BCUT2D eigenvalue weighted by Gasteiger charge is 2.22. The fraction of sp³-hybridized carbons (Fsp3) is 0.111. The maximum absolute atomic E-state index is 12.2. The summed E-state index contributed by atoms with van der Waals surface area (Å²) in [6.45, 7) is 0. The van der Waals surface area contributed by atoms with E-state index >= 15 is 0 Å². The van der Waals surface area contributed by atoms with Gasteiger partial charge >= 0.3 is 0 Å². The number of benzene rings is 1. The number of fused-ring (bicyclic) bond motifs is 2. The predicted octanol–water partition coefficient (Wildman–Crippen LogP) is 0.578. The summed E-state index contributed by atoms with van der Waals surface area (Å²) >= 11 is 0. The van der Waals surface area contributed by atoms with Crippen LogP contribution in [0.25, 0.3) is 23.2 Å². The van der Waals surface area contributed by atoms with Crippen molar-refractivity contribution in [3.63, 3.8) is 0 Å². The first-order valence-corrected chi connectivity index (χ1v) is 8.08. The van der Waals surface area contributed by atoms with Gasteiger partial charge in [-0.05, 0) is 23.4 Å². The minimum atomic E-state index is -0.405. The van der Waals surface area contributed by atoms with Crippen molar-refractivity contribution in [1.82, 2.24) is 24.8 Å². The number of aromatic nitrogens is 5. The van der Waals surface area contributed by atoms with Crippen molar-refractivity contribution in [2.75, 3.05) is 0 Å². The van der Waals surface area contributed by atoms with E-state index in [4.69, 9.17) is 4.42 Å². The van der Waals surface area contributed by atoms with Gasteiger partial charge < -0.3 is 4.42 Å². The zero-order valence-electron chi connectivity index (χ0n) is 13.5. The third-order valence-corrected chi connectivity index (χ3v) is 4.25. The molecule has 1 aliphatic rings. The molecule has 1 amide bonds. The molecular weight excluding hydrogens is 332 g/mol. The highest BCUT2D eigenvalue weighted by molar-refractivity contribution is 5.86. The molecule has 1 aliphatic heterocycles. The van der Waals surface area contributed by atoms with Crippen molar-refractivity contribution in [3.05, 3.63) is 65.4 Å². The summed E-state index contributed by atoms with van der Waals surface area (Å²) in [6, 6.07) is 11.2. The first kappa shape index (κ1) is 14.6. The Kier molecular flexibility index (Phi) is 3.21. The summed E-state index contributed by atoms with van der Waals surface area (Å²) in [6.07, 6.45) is 5.47. The Morgan fingerprint density at radius 1 is 1.15 bits per heavy atom. The molecule has 1 atom stereocenters. The molecular formula is C18H12N6O2. The van der Waals surface area contributed by atoms with Crippen molar-refractivity contribution >= 4 is 17.6 Å². The Hall–Kier alpha value is -3.68. The molecule has 0 N–H and O–H groups in total. The molecule has 0 fully saturated rings. The molecule has 0 saturated carbocycles. The van der Waals surface area contributed by atoms with E-state index in [0.29, 0.717) is 29.2 Å². The normalized spacial score (nSPS) is 16.2. The molecule has 0 radical (unpaired) electrons. The zero-order chi connectivity index (χ0) is 17.5. The molecule has 26 heavy (non-hydrogen) atoms. The van der Waals surface area contributed by atoms with Crippen LogP contribution < -0.4 is 10.6 Å². The Balaban J connectivity index is 1.44. The topological polar surface area (TPSA) is 98.5 Å². The van der Waals surface area contributed by atoms with Gasteiger partial charge in [-0.15, -0.1) is 10.2 Å². The van der Waals surface area contributed by atoms with E-state index in [1.54, 1.807) is 10.7 Å². The maximum atomic E-state index is 12.2. The summed E-state index contributed by atoms with van der Waals surface area (Å²) in [7, 11) is 0. The van der Waals surface area contributed by atoms with Crippen molar-refractivity contribution in [3.8, 4) is 11.5 Å². The highest BCUT2D eigenvalue weighted by atomic mass is 16.4. The number of pyridine rings is 1. The minimum Gasteiger partial charge on any atom is -0.421 e. The SMILES string of the molecule is O=C1N=c2ccccc2=CC1Cc1nnc(-c2ccn3ncnc3c2)o1. The van der Waals surface area contributed by atoms with Crippen LogP contribution in [-0.2, 0) is 11.2 Å². The van der Waals surface area contributed by atoms with Crippen LogP contribution in [0, 0.1) is 5.92 Å². The van der Waals surface area contributed by atoms with Gasteiger partial charge in [0.2, 0.25) is 11.8 Å². The largest absolute Gasteiger partial charge is 0.421 e. The Labute approximate surface area is 146 Å². The third-order valence-electron chi connectivity index (χ3n) is 4.25. The molecule has 0 spiro atoms. The van der Waals surface area contributed by atoms with Gasteiger partial charge in [0.15, 0.2) is 5.65 Å². The van der Waals surface area contributed by atoms with Crippen molar-refractivity contribution in [1.29, 1.82) is 0 Å². The predicted molar refractivity (Wildman–Crippen MR) is 90.2 cm³/mol. The standard InChI is InChI=1S/C18H12N6O2/c25-17-13(7-11-3-1-2-4-14(11)21-17)9-16-22-23-18(26-16)12-5-6-24-15(8-12)19-10-20-24/h1-8,10,13H,9H2. The molecule has 8 nitrogen and oxygen atoms in total. The Bertz CT molecular complexity index is 1260. The average Bonchev–Trinajstić information content (AvgIpc) is 3.31. The van der Waals surface area contributed by atoms with Crippen molar-refractivity contribution in [2.45, 2.75) is 6.42 Å². The van der Waals surface area contributed by atoms with Gasteiger partial charge in [-0.2, -0.15) is 5.10 Å². The monoisotopic (exact) mass is 344 g/mol. The van der Waals surface area contributed by atoms with Crippen LogP contribution >= 0.6 is 0 Å². The molecule has 8 heteroatoms. The van der Waals surface area contributed by atoms with Gasteiger partial charge in [0, 0.05) is 18.2 Å². The molecule has 5 rings (SSSR count). The van der Waals surface area contributed by atoms with Crippen LogP contribution in [-0.4, -0.2) is 30.7 Å². The van der Waals surface area contributed by atoms with Crippen molar-refractivity contribution in [2.24, 2.45) is 10.9 Å². The van der Waals surface area contributed by atoms with E-state index in [1.165, 1.54) is 6.33 Å². The fourth-order valence-corrected chi connectivity index (χ4v) is 2.96. The van der Waals surface area contributed by atoms with Gasteiger partial charge in [0.05, 0.1) is 11.3 Å². The molecule has 0 bridgehead atoms. The van der Waals surface area contributed by atoms with E-state index in [2.05, 4.69) is 25.3 Å². The second kappa shape index (κ2) is 5.69. The third kappa shape index (κ3) is 2.48. The average molecular weight is 344 g/mol. The first-order chi connectivity index (χ1) is 12.8. The number of para-hydroxylation sites is 1. The van der Waals surface area contributed by atoms with Gasteiger partial charge in [0.1, 0.15) is 6.33 Å². The lowest BCUT2D eigenvalue weighted by atomic mass is 10.0. The maximum Gasteiger partial charge on any atom is 0.253 e. The summed E-state index contributed by atoms with van der Waals surface area (Å²) < 4.78 is 7.39. The van der Waals surface area contributed by atoms with Gasteiger partial charge in [-0.1, -0.05) is 24.3 Å². The molecule has 1 aromatic carbocycles. The van der Waals surface area contributed by atoms with Crippen LogP contribution in [0.1, 0.15) is 5.89 Å². The molecule has 3 aromatic heterocycles. The fourth-order valence-electron chi connectivity index (χ4n) is 2.96. The number of carbonyl (C=O) groups excluding carboxylic acids is 1. The number of carbonyl (C=O) groups is 1. The van der Waals surface area contributed by atoms with Crippen LogP contribution in [0.2, 0.25) is 0 Å². The Morgan fingerprint density at radius 3 is 3.04 bits per heavy atom. The smallest absolute Gasteiger partial charge is 0.253 e. The first-order valence-electron chi connectivity index (χ1n) is 8.08. The highest BCUT2D eigenvalue weighted by Crippen LogP contribution is 2.20. The molecule has 0 aliphatic carbocycles. The van der Waals surface area contributed by atoms with Crippen LogP contribution in [0.3, 0.4) is 0 Å². The number of rotatable bonds is 3. The Morgan fingerprint density at radius 2 is 2.08 bits per heavy atom. The molecule has 126 valence electrons. The lowest BCUT2D eigenvalue weighted by Crippen LogP contribution is -2.34.